The van der Waals surface area contributed by atoms with E-state index in [0.29, 0.717) is 31.4 Å². The lowest BCUT2D eigenvalue weighted by molar-refractivity contribution is -0.244. The van der Waals surface area contributed by atoms with E-state index in [1.54, 1.807) is 0 Å². The van der Waals surface area contributed by atoms with Gasteiger partial charge in [0, 0.05) is 12.3 Å². The van der Waals surface area contributed by atoms with Gasteiger partial charge in [0.15, 0.2) is 5.78 Å². The molecule has 1 aliphatic heterocycles. The zero-order chi connectivity index (χ0) is 19.8. The van der Waals surface area contributed by atoms with Crippen LogP contribution in [0.2, 0.25) is 0 Å². The maximum Gasteiger partial charge on any atom is 0.312 e. The Kier molecular flexibility index (Phi) is 3.93. The Bertz CT molecular complexity index is 737. The first kappa shape index (κ1) is 18.7. The summed E-state index contributed by atoms with van der Waals surface area (Å²) in [7, 11) is 0. The lowest BCUT2D eigenvalue weighted by atomic mass is 9.36. The van der Waals surface area contributed by atoms with Crippen LogP contribution in [0.15, 0.2) is 12.2 Å². The van der Waals surface area contributed by atoms with Gasteiger partial charge in [-0.3, -0.25) is 14.4 Å². The van der Waals surface area contributed by atoms with Gasteiger partial charge in [-0.2, -0.15) is 0 Å². The number of Topliss-reactive ketones (excluding diaryl/α,β-unsaturated/α-hetero) is 1. The van der Waals surface area contributed by atoms with Crippen LogP contribution in [0.4, 0.5) is 0 Å². The van der Waals surface area contributed by atoms with Gasteiger partial charge < -0.3 is 9.47 Å². The molecule has 5 rings (SSSR count). The minimum absolute atomic E-state index is 0.0173. The fourth-order valence-corrected chi connectivity index (χ4v) is 7.13. The van der Waals surface area contributed by atoms with Gasteiger partial charge in [-0.1, -0.05) is 27.4 Å². The molecule has 1 spiro atoms. The van der Waals surface area contributed by atoms with Crippen molar-refractivity contribution in [2.45, 2.75) is 65.9 Å². The molecule has 1 heterocycles. The van der Waals surface area contributed by atoms with Gasteiger partial charge in [0.25, 0.3) is 0 Å². The summed E-state index contributed by atoms with van der Waals surface area (Å²) in [4.78, 5) is 38.7. The molecule has 0 aromatic heterocycles. The maximum absolute atomic E-state index is 13.5. The number of ether oxygens (including phenoxy) is 2. The first-order valence-electron chi connectivity index (χ1n) is 10.2. The summed E-state index contributed by atoms with van der Waals surface area (Å²) in [6.07, 6.45) is 3.00. The third-order valence-corrected chi connectivity index (χ3v) is 8.32. The summed E-state index contributed by atoms with van der Waals surface area (Å²) in [5, 5.41) is 0. The maximum atomic E-state index is 13.5. The van der Waals surface area contributed by atoms with Crippen LogP contribution in [0.1, 0.15) is 59.8 Å². The lowest BCUT2D eigenvalue weighted by Crippen LogP contribution is -2.71. The van der Waals surface area contributed by atoms with Gasteiger partial charge in [-0.15, -0.1) is 0 Å². The molecular weight excluding hydrogens is 344 g/mol. The topological polar surface area (TPSA) is 69.7 Å². The second kappa shape index (κ2) is 5.68. The number of fused-ring (bicyclic) bond motifs is 3. The predicted octanol–water partition coefficient (Wildman–Crippen LogP) is 3.46. The molecule has 0 radical (unpaired) electrons. The molecule has 1 saturated heterocycles. The Labute approximate surface area is 160 Å². The highest BCUT2D eigenvalue weighted by molar-refractivity contribution is 6.03. The summed E-state index contributed by atoms with van der Waals surface area (Å²) in [6, 6.07) is 0. The Morgan fingerprint density at radius 1 is 1.26 bits per heavy atom. The van der Waals surface area contributed by atoms with Crippen molar-refractivity contribution in [3.63, 3.8) is 0 Å². The van der Waals surface area contributed by atoms with Crippen LogP contribution in [0.3, 0.4) is 0 Å². The molecule has 4 aliphatic carbocycles. The number of hydrogen-bond acceptors (Lipinski definition) is 5. The molecule has 6 atom stereocenters. The molecular formula is C22H30O5. The number of cyclic esters (lactones) is 1. The van der Waals surface area contributed by atoms with E-state index in [1.807, 2.05) is 6.92 Å². The van der Waals surface area contributed by atoms with Crippen LogP contribution >= 0.6 is 0 Å². The highest BCUT2D eigenvalue weighted by Gasteiger charge is 2.74. The van der Waals surface area contributed by atoms with Gasteiger partial charge in [-0.05, 0) is 55.4 Å². The van der Waals surface area contributed by atoms with Crippen molar-refractivity contribution in [3.8, 4) is 0 Å². The van der Waals surface area contributed by atoms with Gasteiger partial charge >= 0.3 is 11.9 Å². The van der Waals surface area contributed by atoms with E-state index in [-0.39, 0.29) is 40.9 Å². The SMILES string of the molecule is C=C1C(=O)[C@]23CC[C@H]1CC2[C@@]1(CC)C(=O)OCC(C)(C)C1C[C@H]3OC(C)=O. The van der Waals surface area contributed by atoms with Gasteiger partial charge in [0.2, 0.25) is 0 Å². The van der Waals surface area contributed by atoms with Gasteiger partial charge in [-0.25, -0.2) is 0 Å². The molecule has 5 heteroatoms. The van der Waals surface area contributed by atoms with Crippen molar-refractivity contribution in [1.29, 1.82) is 0 Å². The van der Waals surface area contributed by atoms with Crippen molar-refractivity contribution in [3.05, 3.63) is 12.2 Å². The molecule has 27 heavy (non-hydrogen) atoms. The first-order chi connectivity index (χ1) is 12.6. The van der Waals surface area contributed by atoms with E-state index in [2.05, 4.69) is 20.4 Å². The standard InChI is InChI=1S/C22H30O5/c1-6-21-15(20(4,5)11-26-19(21)25)10-17(27-13(3)23)22-8-7-14(9-16(21)22)12(2)18(22)24/h14-17H,2,6-11H2,1,3-5H3/t14-,15?,16?,17+,21-,22+/m0/s1. The molecule has 2 bridgehead atoms. The van der Waals surface area contributed by atoms with Crippen LogP contribution in [-0.4, -0.2) is 30.4 Å². The van der Waals surface area contributed by atoms with Gasteiger partial charge in [0.1, 0.15) is 6.10 Å². The van der Waals surface area contributed by atoms with Crippen molar-refractivity contribution < 1.29 is 23.9 Å². The third-order valence-electron chi connectivity index (χ3n) is 8.32. The van der Waals surface area contributed by atoms with E-state index >= 15 is 0 Å². The summed E-state index contributed by atoms with van der Waals surface area (Å²) in [5.74, 6) is -0.505. The second-order valence-corrected chi connectivity index (χ2v) is 9.76. The van der Waals surface area contributed by atoms with Crippen molar-refractivity contribution in [1.82, 2.24) is 0 Å². The van der Waals surface area contributed by atoms with E-state index in [4.69, 9.17) is 9.47 Å². The Morgan fingerprint density at radius 3 is 2.59 bits per heavy atom. The molecule has 4 saturated carbocycles. The molecule has 0 amide bonds. The molecule has 0 aromatic carbocycles. The number of carbonyl (C=O) groups is 3. The Morgan fingerprint density at radius 2 is 1.96 bits per heavy atom. The number of allylic oxidation sites excluding steroid dienone is 1. The van der Waals surface area contributed by atoms with E-state index in [0.717, 1.165) is 12.8 Å². The molecule has 5 fully saturated rings. The second-order valence-electron chi connectivity index (χ2n) is 9.76. The normalized spacial score (nSPS) is 45.0. The molecule has 5 nitrogen and oxygen atoms in total. The average Bonchev–Trinajstić information content (AvgIpc) is 2.62. The Hall–Kier alpha value is -1.65. The lowest BCUT2D eigenvalue weighted by Gasteiger charge is -2.67. The van der Waals surface area contributed by atoms with Crippen molar-refractivity contribution in [2.75, 3.05) is 6.61 Å². The van der Waals surface area contributed by atoms with E-state index in [9.17, 15) is 14.4 Å². The first-order valence-corrected chi connectivity index (χ1v) is 10.2. The summed E-state index contributed by atoms with van der Waals surface area (Å²) in [5.41, 5.74) is -1.08. The zero-order valence-electron chi connectivity index (χ0n) is 16.8. The number of rotatable bonds is 2. The van der Waals surface area contributed by atoms with Crippen molar-refractivity contribution in [2.24, 2.45) is 34.0 Å². The predicted molar refractivity (Wildman–Crippen MR) is 98.5 cm³/mol. The van der Waals surface area contributed by atoms with E-state index in [1.165, 1.54) is 6.92 Å². The molecule has 2 unspecified atom stereocenters. The molecule has 0 aromatic rings. The smallest absolute Gasteiger partial charge is 0.312 e. The molecule has 0 N–H and O–H groups in total. The van der Waals surface area contributed by atoms with Crippen LogP contribution in [0, 0.1) is 34.0 Å². The number of carbonyl (C=O) groups excluding carboxylic acids is 3. The van der Waals surface area contributed by atoms with Crippen LogP contribution in [0.25, 0.3) is 0 Å². The van der Waals surface area contributed by atoms with Crippen LogP contribution in [0.5, 0.6) is 0 Å². The van der Waals surface area contributed by atoms with Crippen LogP contribution in [-0.2, 0) is 23.9 Å². The average molecular weight is 374 g/mol. The summed E-state index contributed by atoms with van der Waals surface area (Å²) < 4.78 is 11.5. The minimum Gasteiger partial charge on any atom is -0.465 e. The zero-order valence-corrected chi connectivity index (χ0v) is 16.8. The fraction of sp³-hybridized carbons (Fsp3) is 0.773. The highest BCUT2D eigenvalue weighted by atomic mass is 16.5. The minimum atomic E-state index is -0.823. The summed E-state index contributed by atoms with van der Waals surface area (Å²) >= 11 is 0. The highest BCUT2D eigenvalue weighted by Crippen LogP contribution is 2.70. The van der Waals surface area contributed by atoms with Gasteiger partial charge in [0.05, 0.1) is 17.4 Å². The Balaban J connectivity index is 1.93. The number of esters is 2. The van der Waals surface area contributed by atoms with E-state index < -0.39 is 16.9 Å². The monoisotopic (exact) mass is 374 g/mol. The fourth-order valence-electron chi connectivity index (χ4n) is 7.13. The molecule has 148 valence electrons. The summed E-state index contributed by atoms with van der Waals surface area (Å²) in [6.45, 7) is 12.1. The third kappa shape index (κ3) is 2.14. The molecule has 5 aliphatic rings. The number of hydrogen-bond donors (Lipinski definition) is 0. The quantitative estimate of drug-likeness (QED) is 0.547. The largest absolute Gasteiger partial charge is 0.465 e. The van der Waals surface area contributed by atoms with Crippen LogP contribution < -0.4 is 0 Å². The van der Waals surface area contributed by atoms with Crippen molar-refractivity contribution >= 4 is 17.7 Å². The number of ketones is 1.